The van der Waals surface area contributed by atoms with Crippen LogP contribution in [-0.2, 0) is 6.54 Å². The molecule has 0 atom stereocenters. The number of methoxy groups -OCH3 is 1. The fourth-order valence-corrected chi connectivity index (χ4v) is 6.37. The van der Waals surface area contributed by atoms with Crippen molar-refractivity contribution >= 4 is 15.9 Å². The number of nitrogens with one attached hydrogen (secondary N) is 1. The third-order valence-electron chi connectivity index (χ3n) is 6.36. The van der Waals surface area contributed by atoms with Gasteiger partial charge in [0.15, 0.2) is 11.5 Å². The van der Waals surface area contributed by atoms with Crippen LogP contribution in [0.5, 0.6) is 11.5 Å². The molecule has 4 saturated carbocycles. The topological polar surface area (TPSA) is 30.5 Å². The first-order valence-electron chi connectivity index (χ1n) is 9.74. The number of hydrogen-bond acceptors (Lipinski definition) is 3. The van der Waals surface area contributed by atoms with Gasteiger partial charge in [0.1, 0.15) is 0 Å². The van der Waals surface area contributed by atoms with Crippen LogP contribution in [-0.4, -0.2) is 18.8 Å². The van der Waals surface area contributed by atoms with Gasteiger partial charge in [-0.15, -0.1) is 0 Å². The Labute approximate surface area is 160 Å². The Bertz CT molecular complexity index is 608. The van der Waals surface area contributed by atoms with Crippen LogP contribution in [0.25, 0.3) is 0 Å². The predicted octanol–water partition coefficient (Wildman–Crippen LogP) is 5.30. The third kappa shape index (κ3) is 3.57. The first-order chi connectivity index (χ1) is 12.0. The van der Waals surface area contributed by atoms with Crippen molar-refractivity contribution in [2.75, 3.05) is 7.11 Å². The van der Waals surface area contributed by atoms with Gasteiger partial charge in [0.05, 0.1) is 13.2 Å². The summed E-state index contributed by atoms with van der Waals surface area (Å²) in [6.45, 7) is 4.99. The minimum Gasteiger partial charge on any atom is -0.493 e. The minimum atomic E-state index is 0.133. The number of ether oxygens (including phenoxy) is 2. The lowest BCUT2D eigenvalue weighted by Crippen LogP contribution is -2.58. The molecule has 4 aliphatic carbocycles. The van der Waals surface area contributed by atoms with E-state index in [-0.39, 0.29) is 6.10 Å². The molecule has 5 rings (SSSR count). The molecule has 4 bridgehead atoms. The Hall–Kier alpha value is -0.740. The van der Waals surface area contributed by atoms with E-state index in [1.54, 1.807) is 7.11 Å². The van der Waals surface area contributed by atoms with Crippen LogP contribution in [0.1, 0.15) is 57.9 Å². The smallest absolute Gasteiger partial charge is 0.166 e. The van der Waals surface area contributed by atoms with Crippen molar-refractivity contribution in [3.05, 3.63) is 22.2 Å². The number of hydrogen-bond donors (Lipinski definition) is 1. The highest BCUT2D eigenvalue weighted by Gasteiger charge is 2.50. The molecule has 1 N–H and O–H groups in total. The van der Waals surface area contributed by atoms with Gasteiger partial charge in [-0.05, 0) is 82.3 Å². The van der Waals surface area contributed by atoms with Crippen LogP contribution < -0.4 is 14.8 Å². The summed E-state index contributed by atoms with van der Waals surface area (Å²) in [5.41, 5.74) is 1.55. The van der Waals surface area contributed by atoms with E-state index >= 15 is 0 Å². The molecule has 0 radical (unpaired) electrons. The van der Waals surface area contributed by atoms with Crippen molar-refractivity contribution < 1.29 is 9.47 Å². The first kappa shape index (κ1) is 17.7. The fourth-order valence-electron chi connectivity index (χ4n) is 5.88. The molecular formula is C21H30BrNO2. The van der Waals surface area contributed by atoms with E-state index in [0.717, 1.165) is 40.3 Å². The number of benzene rings is 1. The molecule has 0 amide bonds. The largest absolute Gasteiger partial charge is 0.493 e. The van der Waals surface area contributed by atoms with Crippen LogP contribution in [0.3, 0.4) is 0 Å². The van der Waals surface area contributed by atoms with Gasteiger partial charge in [0, 0.05) is 22.1 Å². The average Bonchev–Trinajstić information content (AvgIpc) is 2.53. The molecule has 138 valence electrons. The minimum absolute atomic E-state index is 0.133. The maximum absolute atomic E-state index is 6.11. The Kier molecular flexibility index (Phi) is 4.78. The summed E-state index contributed by atoms with van der Waals surface area (Å²) in [6.07, 6.45) is 8.67. The van der Waals surface area contributed by atoms with Gasteiger partial charge < -0.3 is 14.8 Å². The van der Waals surface area contributed by atoms with Crippen molar-refractivity contribution in [2.45, 2.75) is 70.6 Å². The van der Waals surface area contributed by atoms with Crippen LogP contribution in [0.15, 0.2) is 16.6 Å². The van der Waals surface area contributed by atoms with E-state index < -0.39 is 0 Å². The maximum atomic E-state index is 6.11. The van der Waals surface area contributed by atoms with Crippen LogP contribution in [0.4, 0.5) is 0 Å². The highest BCUT2D eigenvalue weighted by molar-refractivity contribution is 9.10. The zero-order valence-corrected chi connectivity index (χ0v) is 17.2. The summed E-state index contributed by atoms with van der Waals surface area (Å²) in [7, 11) is 1.71. The van der Waals surface area contributed by atoms with Gasteiger partial charge in [-0.1, -0.05) is 15.9 Å². The van der Waals surface area contributed by atoms with Crippen LogP contribution in [0.2, 0.25) is 0 Å². The SMILES string of the molecule is COc1cc(Br)cc(CNC23CC4CC(CC(C4)C2)C3)c1OC(C)C. The number of halogens is 1. The lowest BCUT2D eigenvalue weighted by Gasteiger charge is -2.57. The Morgan fingerprint density at radius 2 is 1.72 bits per heavy atom. The van der Waals surface area contributed by atoms with Gasteiger partial charge in [0.2, 0.25) is 0 Å². The fraction of sp³-hybridized carbons (Fsp3) is 0.714. The Morgan fingerprint density at radius 3 is 2.24 bits per heavy atom. The summed E-state index contributed by atoms with van der Waals surface area (Å²) in [5.74, 6) is 4.58. The van der Waals surface area contributed by atoms with Crippen molar-refractivity contribution in [3.63, 3.8) is 0 Å². The lowest BCUT2D eigenvalue weighted by molar-refractivity contribution is -0.0207. The van der Waals surface area contributed by atoms with Crippen molar-refractivity contribution in [3.8, 4) is 11.5 Å². The average molecular weight is 408 g/mol. The monoisotopic (exact) mass is 407 g/mol. The highest BCUT2D eigenvalue weighted by Crippen LogP contribution is 2.55. The second kappa shape index (κ2) is 6.77. The molecular weight excluding hydrogens is 378 g/mol. The molecule has 4 fully saturated rings. The molecule has 0 aromatic heterocycles. The van der Waals surface area contributed by atoms with E-state index in [1.165, 1.54) is 44.1 Å². The van der Waals surface area contributed by atoms with E-state index in [9.17, 15) is 0 Å². The predicted molar refractivity (Wildman–Crippen MR) is 104 cm³/mol. The molecule has 4 heteroatoms. The standard InChI is InChI=1S/C21H30BrNO2/c1-13(2)25-20-17(7-18(22)8-19(20)24-3)12-23-21-9-14-4-15(10-21)6-16(5-14)11-21/h7-8,13-16,23H,4-6,9-12H2,1-3H3. The summed E-state index contributed by atoms with van der Waals surface area (Å²) >= 11 is 3.62. The van der Waals surface area contributed by atoms with Crippen LogP contribution >= 0.6 is 15.9 Å². The van der Waals surface area contributed by atoms with Crippen molar-refractivity contribution in [2.24, 2.45) is 17.8 Å². The molecule has 0 saturated heterocycles. The molecule has 0 spiro atoms. The second-order valence-electron chi connectivity index (χ2n) is 8.81. The van der Waals surface area contributed by atoms with Gasteiger partial charge in [-0.25, -0.2) is 0 Å². The molecule has 0 unspecified atom stereocenters. The molecule has 0 aliphatic heterocycles. The van der Waals surface area contributed by atoms with Gasteiger partial charge in [-0.3, -0.25) is 0 Å². The van der Waals surface area contributed by atoms with E-state index in [2.05, 4.69) is 41.2 Å². The molecule has 25 heavy (non-hydrogen) atoms. The molecule has 1 aromatic rings. The van der Waals surface area contributed by atoms with Crippen LogP contribution in [0, 0.1) is 17.8 Å². The van der Waals surface area contributed by atoms with E-state index in [0.29, 0.717) is 5.54 Å². The van der Waals surface area contributed by atoms with Crippen molar-refractivity contribution in [1.29, 1.82) is 0 Å². The summed E-state index contributed by atoms with van der Waals surface area (Å²) in [5, 5.41) is 3.98. The quantitative estimate of drug-likeness (QED) is 0.693. The van der Waals surface area contributed by atoms with E-state index in [4.69, 9.17) is 9.47 Å². The highest BCUT2D eigenvalue weighted by atomic mass is 79.9. The first-order valence-corrected chi connectivity index (χ1v) is 10.5. The van der Waals surface area contributed by atoms with Gasteiger partial charge in [0.25, 0.3) is 0 Å². The molecule has 3 nitrogen and oxygen atoms in total. The van der Waals surface area contributed by atoms with E-state index in [1.807, 2.05) is 6.07 Å². The zero-order valence-electron chi connectivity index (χ0n) is 15.6. The van der Waals surface area contributed by atoms with Gasteiger partial charge in [-0.2, -0.15) is 0 Å². The van der Waals surface area contributed by atoms with Crippen molar-refractivity contribution in [1.82, 2.24) is 5.32 Å². The summed E-state index contributed by atoms with van der Waals surface area (Å²) in [4.78, 5) is 0. The summed E-state index contributed by atoms with van der Waals surface area (Å²) < 4.78 is 12.7. The summed E-state index contributed by atoms with van der Waals surface area (Å²) in [6, 6.07) is 4.17. The Balaban J connectivity index is 1.55. The van der Waals surface area contributed by atoms with Gasteiger partial charge >= 0.3 is 0 Å². The Morgan fingerprint density at radius 1 is 1.12 bits per heavy atom. The lowest BCUT2D eigenvalue weighted by atomic mass is 9.53. The molecule has 0 heterocycles. The molecule has 4 aliphatic rings. The zero-order chi connectivity index (χ0) is 17.6. The third-order valence-corrected chi connectivity index (χ3v) is 6.82. The number of rotatable bonds is 6. The second-order valence-corrected chi connectivity index (χ2v) is 9.73. The normalized spacial score (nSPS) is 33.1. The molecule has 1 aromatic carbocycles. The maximum Gasteiger partial charge on any atom is 0.166 e.